The quantitative estimate of drug-likeness (QED) is 0.734. The van der Waals surface area contributed by atoms with E-state index in [1.807, 2.05) is 30.3 Å². The molecule has 20 heavy (non-hydrogen) atoms. The van der Waals surface area contributed by atoms with E-state index in [2.05, 4.69) is 47.0 Å². The molecule has 0 radical (unpaired) electrons. The highest BCUT2D eigenvalue weighted by Gasteiger charge is 2.06. The van der Waals surface area contributed by atoms with Crippen LogP contribution in [0.25, 0.3) is 0 Å². The summed E-state index contributed by atoms with van der Waals surface area (Å²) in [4.78, 5) is 11.9. The van der Waals surface area contributed by atoms with Gasteiger partial charge in [0.1, 0.15) is 0 Å². The molecule has 0 bridgehead atoms. The Morgan fingerprint density at radius 2 is 2.05 bits per heavy atom. The molecule has 2 aromatic rings. The largest absolute Gasteiger partial charge is 0.325 e. The Morgan fingerprint density at radius 3 is 2.75 bits per heavy atom. The molecule has 4 heteroatoms. The zero-order valence-electron chi connectivity index (χ0n) is 11.1. The molecule has 0 aromatic heterocycles. The maximum Gasteiger partial charge on any atom is 0.224 e. The van der Waals surface area contributed by atoms with Crippen molar-refractivity contribution in [1.29, 1.82) is 0 Å². The molecule has 0 aliphatic rings. The first-order valence-corrected chi connectivity index (χ1v) is 7.81. The normalized spacial score (nSPS) is 10.3. The third kappa shape index (κ3) is 4.49. The lowest BCUT2D eigenvalue weighted by atomic mass is 10.1. The summed E-state index contributed by atoms with van der Waals surface area (Å²) in [5.74, 6) is -0.0189. The van der Waals surface area contributed by atoms with Crippen LogP contribution >= 0.6 is 34.2 Å². The molecule has 0 fully saturated rings. The van der Waals surface area contributed by atoms with Gasteiger partial charge in [-0.2, -0.15) is 0 Å². The van der Waals surface area contributed by atoms with Crippen LogP contribution in [0.2, 0.25) is 5.02 Å². The molecule has 0 aliphatic heterocycles. The predicted octanol–water partition coefficient (Wildman–Crippen LogP) is 4.82. The van der Waals surface area contributed by atoms with Crippen LogP contribution in [0.15, 0.2) is 42.5 Å². The number of nitrogens with one attached hydrogen (secondary N) is 1. The summed E-state index contributed by atoms with van der Waals surface area (Å²) in [7, 11) is 0. The number of anilines is 1. The minimum atomic E-state index is -0.0189. The van der Waals surface area contributed by atoms with Gasteiger partial charge in [0, 0.05) is 9.99 Å². The first kappa shape index (κ1) is 15.3. The molecule has 104 valence electrons. The van der Waals surface area contributed by atoms with Gasteiger partial charge in [-0.15, -0.1) is 0 Å². The van der Waals surface area contributed by atoms with E-state index in [0.717, 1.165) is 9.99 Å². The second kappa shape index (κ2) is 7.09. The minimum absolute atomic E-state index is 0.0189. The van der Waals surface area contributed by atoms with Crippen LogP contribution in [0, 0.1) is 10.5 Å². The van der Waals surface area contributed by atoms with Gasteiger partial charge in [0.2, 0.25) is 5.91 Å². The van der Waals surface area contributed by atoms with Gasteiger partial charge in [-0.05, 0) is 59.7 Å². The Hall–Kier alpha value is -1.07. The maximum atomic E-state index is 11.9. The monoisotopic (exact) mass is 399 g/mol. The Bertz CT molecular complexity index is 628. The van der Waals surface area contributed by atoms with Gasteiger partial charge >= 0.3 is 0 Å². The summed E-state index contributed by atoms with van der Waals surface area (Å²) in [5.41, 5.74) is 3.05. The molecule has 0 atom stereocenters. The van der Waals surface area contributed by atoms with E-state index in [9.17, 15) is 4.79 Å². The number of halogens is 2. The van der Waals surface area contributed by atoms with Crippen molar-refractivity contribution in [2.75, 3.05) is 5.32 Å². The summed E-state index contributed by atoms with van der Waals surface area (Å²) in [5, 5.41) is 3.42. The van der Waals surface area contributed by atoms with Gasteiger partial charge in [0.05, 0.1) is 10.7 Å². The molecule has 1 N–H and O–H groups in total. The van der Waals surface area contributed by atoms with Crippen molar-refractivity contribution in [1.82, 2.24) is 0 Å². The Balaban J connectivity index is 1.92. The molecule has 0 saturated carbocycles. The molecular formula is C16H15ClINO. The Morgan fingerprint density at radius 1 is 1.25 bits per heavy atom. The summed E-state index contributed by atoms with van der Waals surface area (Å²) in [6.07, 6.45) is 1.18. The summed E-state index contributed by atoms with van der Waals surface area (Å²) in [6.45, 7) is 2.05. The lowest BCUT2D eigenvalue weighted by molar-refractivity contribution is -0.116. The number of aryl methyl sites for hydroxylation is 2. The lowest BCUT2D eigenvalue weighted by Gasteiger charge is -2.08. The standard InChI is InChI=1S/C16H15ClINO/c1-11-3-2-4-12(9-11)5-8-16(20)19-15-7-6-13(18)10-14(15)17/h2-4,6-7,9-10H,5,8H2,1H3,(H,19,20). The SMILES string of the molecule is Cc1cccc(CCC(=O)Nc2ccc(I)cc2Cl)c1. The fourth-order valence-corrected chi connectivity index (χ4v) is 2.83. The van der Waals surface area contributed by atoms with Crippen molar-refractivity contribution in [3.05, 3.63) is 62.2 Å². The molecule has 0 heterocycles. The smallest absolute Gasteiger partial charge is 0.224 e. The van der Waals surface area contributed by atoms with Gasteiger partial charge in [-0.1, -0.05) is 41.4 Å². The highest BCUT2D eigenvalue weighted by atomic mass is 127. The van der Waals surface area contributed by atoms with Crippen LogP contribution in [0.4, 0.5) is 5.69 Å². The van der Waals surface area contributed by atoms with E-state index in [-0.39, 0.29) is 5.91 Å². The van der Waals surface area contributed by atoms with E-state index >= 15 is 0 Å². The van der Waals surface area contributed by atoms with Crippen LogP contribution in [-0.4, -0.2) is 5.91 Å². The first-order chi connectivity index (χ1) is 9.54. The predicted molar refractivity (Wildman–Crippen MR) is 92.3 cm³/mol. The van der Waals surface area contributed by atoms with Gasteiger partial charge in [0.15, 0.2) is 0 Å². The molecule has 1 amide bonds. The second-order valence-electron chi connectivity index (χ2n) is 4.66. The minimum Gasteiger partial charge on any atom is -0.325 e. The van der Waals surface area contributed by atoms with Gasteiger partial charge < -0.3 is 5.32 Å². The number of rotatable bonds is 4. The second-order valence-corrected chi connectivity index (χ2v) is 6.31. The van der Waals surface area contributed by atoms with E-state index in [1.165, 1.54) is 11.1 Å². The third-order valence-corrected chi connectivity index (χ3v) is 3.91. The van der Waals surface area contributed by atoms with Crippen LogP contribution < -0.4 is 5.32 Å². The lowest BCUT2D eigenvalue weighted by Crippen LogP contribution is -2.12. The molecule has 2 rings (SSSR count). The molecular weight excluding hydrogens is 385 g/mol. The van der Waals surface area contributed by atoms with Gasteiger partial charge in [-0.3, -0.25) is 4.79 Å². The van der Waals surface area contributed by atoms with Crippen molar-refractivity contribution in [3.8, 4) is 0 Å². The average molecular weight is 400 g/mol. The Kier molecular flexibility index (Phi) is 5.43. The van der Waals surface area contributed by atoms with Crippen LogP contribution in [0.1, 0.15) is 17.5 Å². The summed E-state index contributed by atoms with van der Waals surface area (Å²) < 4.78 is 1.05. The van der Waals surface area contributed by atoms with E-state index in [1.54, 1.807) is 0 Å². The average Bonchev–Trinajstić information content (AvgIpc) is 2.40. The van der Waals surface area contributed by atoms with Crippen molar-refractivity contribution < 1.29 is 4.79 Å². The number of benzene rings is 2. The number of carbonyl (C=O) groups is 1. The van der Waals surface area contributed by atoms with Crippen molar-refractivity contribution in [3.63, 3.8) is 0 Å². The van der Waals surface area contributed by atoms with E-state index < -0.39 is 0 Å². The fraction of sp³-hybridized carbons (Fsp3) is 0.188. The van der Waals surface area contributed by atoms with E-state index in [4.69, 9.17) is 11.6 Å². The van der Waals surface area contributed by atoms with Gasteiger partial charge in [-0.25, -0.2) is 0 Å². The first-order valence-electron chi connectivity index (χ1n) is 6.35. The molecule has 0 saturated heterocycles. The number of hydrogen-bond acceptors (Lipinski definition) is 1. The fourth-order valence-electron chi connectivity index (χ4n) is 1.93. The third-order valence-electron chi connectivity index (χ3n) is 2.93. The number of amides is 1. The Labute approximate surface area is 137 Å². The maximum absolute atomic E-state index is 11.9. The zero-order chi connectivity index (χ0) is 14.5. The zero-order valence-corrected chi connectivity index (χ0v) is 14.0. The molecule has 0 unspecified atom stereocenters. The highest BCUT2D eigenvalue weighted by Crippen LogP contribution is 2.24. The van der Waals surface area contributed by atoms with Crippen LogP contribution in [0.5, 0.6) is 0 Å². The molecule has 2 nitrogen and oxygen atoms in total. The van der Waals surface area contributed by atoms with Crippen molar-refractivity contribution in [2.24, 2.45) is 0 Å². The van der Waals surface area contributed by atoms with Crippen LogP contribution in [-0.2, 0) is 11.2 Å². The topological polar surface area (TPSA) is 29.1 Å². The van der Waals surface area contributed by atoms with Gasteiger partial charge in [0.25, 0.3) is 0 Å². The van der Waals surface area contributed by atoms with Crippen molar-refractivity contribution in [2.45, 2.75) is 19.8 Å². The van der Waals surface area contributed by atoms with E-state index in [0.29, 0.717) is 17.1 Å². The molecule has 0 spiro atoms. The summed E-state index contributed by atoms with van der Waals surface area (Å²) in [6, 6.07) is 13.8. The highest BCUT2D eigenvalue weighted by molar-refractivity contribution is 14.1. The number of carbonyl (C=O) groups excluding carboxylic acids is 1. The molecule has 0 aliphatic carbocycles. The van der Waals surface area contributed by atoms with Crippen molar-refractivity contribution >= 4 is 45.8 Å². The molecule has 2 aromatic carbocycles. The summed E-state index contributed by atoms with van der Waals surface area (Å²) >= 11 is 8.28. The number of hydrogen-bond donors (Lipinski definition) is 1. The van der Waals surface area contributed by atoms with Crippen LogP contribution in [0.3, 0.4) is 0 Å².